The average molecular weight is 298 g/mol. The molecule has 102 valence electrons. The number of nitrogens with one attached hydrogen (secondary N) is 1. The molecular weight excluding hydrogens is 281 g/mol. The second-order valence-electron chi connectivity index (χ2n) is 4.52. The molecule has 1 N–H and O–H groups in total. The van der Waals surface area contributed by atoms with E-state index in [1.807, 2.05) is 0 Å². The van der Waals surface area contributed by atoms with Crippen LogP contribution in [0.3, 0.4) is 0 Å². The highest BCUT2D eigenvalue weighted by molar-refractivity contribution is 7.10. The zero-order chi connectivity index (χ0) is 13.8. The van der Waals surface area contributed by atoms with Gasteiger partial charge in [0, 0.05) is 15.9 Å². The van der Waals surface area contributed by atoms with Crippen molar-refractivity contribution in [3.63, 3.8) is 0 Å². The van der Waals surface area contributed by atoms with Crippen LogP contribution in [0.2, 0.25) is 5.02 Å². The Kier molecular flexibility index (Phi) is 4.97. The fourth-order valence-electron chi connectivity index (χ4n) is 2.17. The Labute approximate surface area is 122 Å². The number of halogens is 2. The molecule has 1 unspecified atom stereocenters. The highest BCUT2D eigenvalue weighted by Gasteiger charge is 2.16. The molecular formula is C15H17ClFNS. The Balaban J connectivity index is 2.26. The van der Waals surface area contributed by atoms with Gasteiger partial charge in [0.15, 0.2) is 0 Å². The molecule has 0 aliphatic carbocycles. The minimum atomic E-state index is -0.238. The van der Waals surface area contributed by atoms with Crippen LogP contribution in [0.4, 0.5) is 4.39 Å². The van der Waals surface area contributed by atoms with Crippen molar-refractivity contribution in [2.24, 2.45) is 0 Å². The third-order valence-electron chi connectivity index (χ3n) is 3.10. The Morgan fingerprint density at radius 2 is 2.16 bits per heavy atom. The van der Waals surface area contributed by atoms with Crippen LogP contribution in [-0.2, 0) is 6.42 Å². The van der Waals surface area contributed by atoms with E-state index in [-0.39, 0.29) is 11.9 Å². The standard InChI is InChI=1S/C15H17ClFNS/c1-3-18-14(15-10(2)6-7-19-15)9-11-8-12(17)4-5-13(11)16/h4-8,14,18H,3,9H2,1-2H3. The van der Waals surface area contributed by atoms with E-state index in [4.69, 9.17) is 11.6 Å². The Morgan fingerprint density at radius 1 is 1.37 bits per heavy atom. The maximum Gasteiger partial charge on any atom is 0.123 e. The predicted molar refractivity (Wildman–Crippen MR) is 80.6 cm³/mol. The Hall–Kier alpha value is -0.900. The quantitative estimate of drug-likeness (QED) is 0.840. The van der Waals surface area contributed by atoms with Crippen molar-refractivity contribution in [2.45, 2.75) is 26.3 Å². The largest absolute Gasteiger partial charge is 0.309 e. The third-order valence-corrected chi connectivity index (χ3v) is 4.60. The maximum absolute atomic E-state index is 13.3. The Bertz CT molecular complexity index is 553. The van der Waals surface area contributed by atoms with Crippen LogP contribution >= 0.6 is 22.9 Å². The van der Waals surface area contributed by atoms with Gasteiger partial charge in [0.25, 0.3) is 0 Å². The van der Waals surface area contributed by atoms with E-state index in [1.54, 1.807) is 17.4 Å². The topological polar surface area (TPSA) is 12.0 Å². The summed E-state index contributed by atoms with van der Waals surface area (Å²) in [5, 5.41) is 6.16. The van der Waals surface area contributed by atoms with E-state index in [0.29, 0.717) is 11.4 Å². The SMILES string of the molecule is CCNC(Cc1cc(F)ccc1Cl)c1sccc1C. The monoisotopic (exact) mass is 297 g/mol. The number of hydrogen-bond donors (Lipinski definition) is 1. The van der Waals surface area contributed by atoms with Crippen molar-refractivity contribution < 1.29 is 4.39 Å². The first-order valence-corrected chi connectivity index (χ1v) is 7.59. The summed E-state index contributed by atoms with van der Waals surface area (Å²) in [6.45, 7) is 5.04. The second kappa shape index (κ2) is 6.51. The molecule has 0 amide bonds. The van der Waals surface area contributed by atoms with Crippen molar-refractivity contribution in [1.29, 1.82) is 0 Å². The maximum atomic E-state index is 13.3. The molecule has 19 heavy (non-hydrogen) atoms. The van der Waals surface area contributed by atoms with Crippen LogP contribution in [-0.4, -0.2) is 6.54 Å². The van der Waals surface area contributed by atoms with Crippen molar-refractivity contribution >= 4 is 22.9 Å². The Morgan fingerprint density at radius 3 is 2.79 bits per heavy atom. The van der Waals surface area contributed by atoms with Crippen LogP contribution in [0, 0.1) is 12.7 Å². The number of aryl methyl sites for hydroxylation is 1. The molecule has 1 nitrogen and oxygen atoms in total. The molecule has 0 bridgehead atoms. The van der Waals surface area contributed by atoms with Gasteiger partial charge in [-0.3, -0.25) is 0 Å². The van der Waals surface area contributed by atoms with Gasteiger partial charge in [-0.2, -0.15) is 0 Å². The fraction of sp³-hybridized carbons (Fsp3) is 0.333. The van der Waals surface area contributed by atoms with Crippen molar-refractivity contribution in [3.05, 3.63) is 56.5 Å². The number of likely N-dealkylation sites (N-methyl/N-ethyl adjacent to an activating group) is 1. The summed E-state index contributed by atoms with van der Waals surface area (Å²) in [5.41, 5.74) is 2.11. The number of rotatable bonds is 5. The van der Waals surface area contributed by atoms with Crippen molar-refractivity contribution in [3.8, 4) is 0 Å². The van der Waals surface area contributed by atoms with Crippen LogP contribution in [0.25, 0.3) is 0 Å². The van der Waals surface area contributed by atoms with Crippen LogP contribution in [0.15, 0.2) is 29.6 Å². The number of thiophene rings is 1. The van der Waals surface area contributed by atoms with Gasteiger partial charge in [0.2, 0.25) is 0 Å². The normalized spacial score (nSPS) is 12.6. The first-order chi connectivity index (χ1) is 9.11. The lowest BCUT2D eigenvalue weighted by Gasteiger charge is -2.18. The molecule has 0 aliphatic heterocycles. The number of benzene rings is 1. The molecule has 1 atom stereocenters. The van der Waals surface area contributed by atoms with E-state index in [1.165, 1.54) is 22.6 Å². The highest BCUT2D eigenvalue weighted by atomic mass is 35.5. The summed E-state index contributed by atoms with van der Waals surface area (Å²) in [4.78, 5) is 1.29. The zero-order valence-electron chi connectivity index (χ0n) is 11.0. The number of hydrogen-bond acceptors (Lipinski definition) is 2. The molecule has 2 aromatic rings. The van der Waals surface area contributed by atoms with Gasteiger partial charge in [0.05, 0.1) is 0 Å². The summed E-state index contributed by atoms with van der Waals surface area (Å²) in [6.07, 6.45) is 0.700. The average Bonchev–Trinajstić information content (AvgIpc) is 2.79. The lowest BCUT2D eigenvalue weighted by molar-refractivity contribution is 0.553. The van der Waals surface area contributed by atoms with Gasteiger partial charge in [-0.25, -0.2) is 4.39 Å². The zero-order valence-corrected chi connectivity index (χ0v) is 12.6. The molecule has 0 spiro atoms. The van der Waals surface area contributed by atoms with Gasteiger partial charge in [-0.15, -0.1) is 11.3 Å². The lowest BCUT2D eigenvalue weighted by atomic mass is 10.0. The second-order valence-corrected chi connectivity index (χ2v) is 5.87. The molecule has 0 radical (unpaired) electrons. The minimum Gasteiger partial charge on any atom is -0.309 e. The summed E-state index contributed by atoms with van der Waals surface area (Å²) in [6, 6.07) is 6.83. The van der Waals surface area contributed by atoms with E-state index in [0.717, 1.165) is 12.1 Å². The molecule has 0 fully saturated rings. The predicted octanol–water partition coefficient (Wildman–Crippen LogP) is 4.74. The first kappa shape index (κ1) is 14.5. The van der Waals surface area contributed by atoms with Crippen molar-refractivity contribution in [2.75, 3.05) is 6.54 Å². The summed E-state index contributed by atoms with van der Waals surface area (Å²) < 4.78 is 13.3. The molecule has 4 heteroatoms. The lowest BCUT2D eigenvalue weighted by Crippen LogP contribution is -2.22. The summed E-state index contributed by atoms with van der Waals surface area (Å²) >= 11 is 7.88. The van der Waals surface area contributed by atoms with E-state index in [9.17, 15) is 4.39 Å². The molecule has 1 heterocycles. The molecule has 0 saturated carbocycles. The minimum absolute atomic E-state index is 0.185. The van der Waals surface area contributed by atoms with Crippen LogP contribution < -0.4 is 5.32 Å². The molecule has 0 saturated heterocycles. The molecule has 1 aromatic heterocycles. The first-order valence-electron chi connectivity index (χ1n) is 6.33. The van der Waals surface area contributed by atoms with Crippen LogP contribution in [0.5, 0.6) is 0 Å². The molecule has 1 aromatic carbocycles. The van der Waals surface area contributed by atoms with Gasteiger partial charge >= 0.3 is 0 Å². The van der Waals surface area contributed by atoms with Crippen molar-refractivity contribution in [1.82, 2.24) is 5.32 Å². The summed E-state index contributed by atoms with van der Waals surface area (Å²) in [7, 11) is 0. The van der Waals surface area contributed by atoms with Gasteiger partial charge < -0.3 is 5.32 Å². The smallest absolute Gasteiger partial charge is 0.123 e. The van der Waals surface area contributed by atoms with Gasteiger partial charge in [0.1, 0.15) is 5.82 Å². The van der Waals surface area contributed by atoms with Gasteiger partial charge in [-0.05, 0) is 60.7 Å². The van der Waals surface area contributed by atoms with Crippen LogP contribution in [0.1, 0.15) is 29.0 Å². The molecule has 0 aliphatic rings. The van der Waals surface area contributed by atoms with E-state index < -0.39 is 0 Å². The fourth-order valence-corrected chi connectivity index (χ4v) is 3.36. The molecule has 2 rings (SSSR count). The van der Waals surface area contributed by atoms with E-state index >= 15 is 0 Å². The van der Waals surface area contributed by atoms with E-state index in [2.05, 4.69) is 30.6 Å². The highest BCUT2D eigenvalue weighted by Crippen LogP contribution is 2.29. The van der Waals surface area contributed by atoms with Gasteiger partial charge in [-0.1, -0.05) is 18.5 Å². The summed E-state index contributed by atoms with van der Waals surface area (Å²) in [5.74, 6) is -0.238. The third kappa shape index (κ3) is 3.56.